The summed E-state index contributed by atoms with van der Waals surface area (Å²) >= 11 is 0. The summed E-state index contributed by atoms with van der Waals surface area (Å²) in [6, 6.07) is 7.91. The first-order valence-corrected chi connectivity index (χ1v) is 7.78. The molecule has 1 aliphatic carbocycles. The van der Waals surface area contributed by atoms with E-state index in [0.717, 1.165) is 24.2 Å². The van der Waals surface area contributed by atoms with Gasteiger partial charge in [0, 0.05) is 6.04 Å². The first kappa shape index (κ1) is 15.8. The summed E-state index contributed by atoms with van der Waals surface area (Å²) in [4.78, 5) is 12.1. The predicted molar refractivity (Wildman–Crippen MR) is 84.2 cm³/mol. The molecular weight excluding hydrogens is 264 g/mol. The van der Waals surface area contributed by atoms with Crippen LogP contribution in [0.4, 0.5) is 0 Å². The van der Waals surface area contributed by atoms with E-state index < -0.39 is 5.54 Å². The molecule has 1 aliphatic rings. The van der Waals surface area contributed by atoms with Crippen LogP contribution in [-0.4, -0.2) is 19.1 Å². The fourth-order valence-electron chi connectivity index (χ4n) is 3.05. The van der Waals surface area contributed by atoms with Gasteiger partial charge in [0.1, 0.15) is 11.3 Å². The highest BCUT2D eigenvalue weighted by Crippen LogP contribution is 2.27. The molecule has 1 aromatic rings. The molecule has 1 aromatic carbocycles. The van der Waals surface area contributed by atoms with Crippen LogP contribution in [0.2, 0.25) is 0 Å². The summed E-state index contributed by atoms with van der Waals surface area (Å²) in [5.74, 6) is 0.442. The molecule has 1 unspecified atom stereocenters. The van der Waals surface area contributed by atoms with E-state index in [9.17, 15) is 4.79 Å². The number of nitrogens with two attached hydrogens (primary N) is 1. The van der Waals surface area contributed by atoms with Crippen molar-refractivity contribution in [3.63, 3.8) is 0 Å². The number of carbonyl (C=O) groups is 1. The van der Waals surface area contributed by atoms with Crippen molar-refractivity contribution in [2.75, 3.05) is 7.11 Å². The predicted octanol–water partition coefficient (Wildman–Crippen LogP) is 2.71. The van der Waals surface area contributed by atoms with Gasteiger partial charge < -0.3 is 10.5 Å². The summed E-state index contributed by atoms with van der Waals surface area (Å²) < 4.78 is 5.17. The zero-order valence-electron chi connectivity index (χ0n) is 13.0. The van der Waals surface area contributed by atoms with Crippen LogP contribution in [0.25, 0.3) is 0 Å². The molecule has 0 spiro atoms. The lowest BCUT2D eigenvalue weighted by molar-refractivity contribution is -0.124. The molecule has 2 rings (SSSR count). The minimum Gasteiger partial charge on any atom is -0.497 e. The Morgan fingerprint density at radius 1 is 1.19 bits per heavy atom. The second-order valence-corrected chi connectivity index (χ2v) is 6.05. The van der Waals surface area contributed by atoms with E-state index in [0.29, 0.717) is 6.04 Å². The van der Waals surface area contributed by atoms with Gasteiger partial charge in [-0.3, -0.25) is 10.1 Å². The number of ether oxygens (including phenoxy) is 1. The first-order chi connectivity index (χ1) is 10.1. The third kappa shape index (κ3) is 3.76. The Morgan fingerprint density at radius 3 is 2.24 bits per heavy atom. The zero-order valence-corrected chi connectivity index (χ0v) is 13.0. The molecule has 0 radical (unpaired) electrons. The molecule has 0 bridgehead atoms. The second kappa shape index (κ2) is 6.94. The Hall–Kier alpha value is -1.55. The van der Waals surface area contributed by atoms with Crippen LogP contribution in [0.1, 0.15) is 51.0 Å². The van der Waals surface area contributed by atoms with Crippen LogP contribution in [0.15, 0.2) is 24.3 Å². The Morgan fingerprint density at radius 2 is 1.76 bits per heavy atom. The van der Waals surface area contributed by atoms with E-state index in [1.807, 2.05) is 31.2 Å². The SMILES string of the molecule is COc1ccc(C(C)(NC2CCCCCC2)C(N)=O)cc1. The summed E-state index contributed by atoms with van der Waals surface area (Å²) in [5.41, 5.74) is 5.75. The van der Waals surface area contributed by atoms with Crippen molar-refractivity contribution in [3.8, 4) is 5.75 Å². The summed E-state index contributed by atoms with van der Waals surface area (Å²) in [5, 5.41) is 3.51. The molecule has 0 aromatic heterocycles. The minimum absolute atomic E-state index is 0.336. The van der Waals surface area contributed by atoms with Crippen molar-refractivity contribution in [1.29, 1.82) is 0 Å². The molecule has 4 nitrogen and oxygen atoms in total. The van der Waals surface area contributed by atoms with Crippen LogP contribution in [0, 0.1) is 0 Å². The minimum atomic E-state index is -0.832. The summed E-state index contributed by atoms with van der Waals surface area (Å²) in [6.07, 6.45) is 7.23. The lowest BCUT2D eigenvalue weighted by Gasteiger charge is -2.33. The highest BCUT2D eigenvalue weighted by atomic mass is 16.5. The van der Waals surface area contributed by atoms with Gasteiger partial charge in [0.05, 0.1) is 7.11 Å². The molecule has 4 heteroatoms. The second-order valence-electron chi connectivity index (χ2n) is 6.05. The molecule has 116 valence electrons. The quantitative estimate of drug-likeness (QED) is 0.820. The molecule has 3 N–H and O–H groups in total. The number of hydrogen-bond acceptors (Lipinski definition) is 3. The number of carbonyl (C=O) groups excluding carboxylic acids is 1. The Balaban J connectivity index is 2.19. The molecule has 1 atom stereocenters. The van der Waals surface area contributed by atoms with Crippen LogP contribution in [0.5, 0.6) is 5.75 Å². The topological polar surface area (TPSA) is 64.3 Å². The van der Waals surface area contributed by atoms with Gasteiger partial charge >= 0.3 is 0 Å². The summed E-state index contributed by atoms with van der Waals surface area (Å²) in [7, 11) is 1.63. The van der Waals surface area contributed by atoms with Gasteiger partial charge in [-0.1, -0.05) is 37.8 Å². The lowest BCUT2D eigenvalue weighted by atomic mass is 9.89. The molecule has 1 saturated carbocycles. The van der Waals surface area contributed by atoms with Gasteiger partial charge in [0.2, 0.25) is 5.91 Å². The van der Waals surface area contributed by atoms with Gasteiger partial charge in [0.15, 0.2) is 0 Å². The average Bonchev–Trinajstić information content (AvgIpc) is 2.75. The largest absolute Gasteiger partial charge is 0.497 e. The Kier molecular flexibility index (Phi) is 5.23. The van der Waals surface area contributed by atoms with Crippen molar-refractivity contribution in [3.05, 3.63) is 29.8 Å². The molecular formula is C17H26N2O2. The number of hydrogen-bond donors (Lipinski definition) is 2. The van der Waals surface area contributed by atoms with Crippen molar-refractivity contribution < 1.29 is 9.53 Å². The van der Waals surface area contributed by atoms with E-state index in [-0.39, 0.29) is 5.91 Å². The highest BCUT2D eigenvalue weighted by Gasteiger charge is 2.35. The van der Waals surface area contributed by atoms with Gasteiger partial charge in [0.25, 0.3) is 0 Å². The number of primary amides is 1. The standard InChI is InChI=1S/C17H26N2O2/c1-17(16(18)20,13-9-11-15(21-2)12-10-13)19-14-7-5-3-4-6-8-14/h9-12,14,19H,3-8H2,1-2H3,(H2,18,20). The van der Waals surface area contributed by atoms with Crippen LogP contribution in [0.3, 0.4) is 0 Å². The maximum Gasteiger partial charge on any atom is 0.242 e. The number of nitrogens with one attached hydrogen (secondary N) is 1. The molecule has 0 heterocycles. The van der Waals surface area contributed by atoms with Crippen molar-refractivity contribution in [1.82, 2.24) is 5.32 Å². The Bertz CT molecular complexity index is 464. The third-order valence-corrected chi connectivity index (χ3v) is 4.51. The monoisotopic (exact) mass is 290 g/mol. The maximum atomic E-state index is 12.1. The molecule has 1 fully saturated rings. The van der Waals surface area contributed by atoms with Gasteiger partial charge in [-0.25, -0.2) is 0 Å². The number of amides is 1. The van der Waals surface area contributed by atoms with E-state index >= 15 is 0 Å². The smallest absolute Gasteiger partial charge is 0.242 e. The van der Waals surface area contributed by atoms with E-state index in [1.165, 1.54) is 25.7 Å². The van der Waals surface area contributed by atoms with Gasteiger partial charge in [-0.05, 0) is 37.5 Å². The van der Waals surface area contributed by atoms with Crippen molar-refractivity contribution >= 4 is 5.91 Å². The van der Waals surface area contributed by atoms with Crippen molar-refractivity contribution in [2.45, 2.75) is 57.0 Å². The summed E-state index contributed by atoms with van der Waals surface area (Å²) in [6.45, 7) is 1.88. The molecule has 0 aliphatic heterocycles. The lowest BCUT2D eigenvalue weighted by Crippen LogP contribution is -2.54. The van der Waals surface area contributed by atoms with E-state index in [1.54, 1.807) is 7.11 Å². The van der Waals surface area contributed by atoms with Crippen LogP contribution < -0.4 is 15.8 Å². The fraction of sp³-hybridized carbons (Fsp3) is 0.588. The zero-order chi connectivity index (χ0) is 15.3. The van der Waals surface area contributed by atoms with Crippen LogP contribution in [-0.2, 0) is 10.3 Å². The maximum absolute atomic E-state index is 12.1. The first-order valence-electron chi connectivity index (χ1n) is 7.78. The van der Waals surface area contributed by atoms with E-state index in [4.69, 9.17) is 10.5 Å². The number of methoxy groups -OCH3 is 1. The molecule has 21 heavy (non-hydrogen) atoms. The van der Waals surface area contributed by atoms with Gasteiger partial charge in [-0.15, -0.1) is 0 Å². The Labute approximate surface area is 127 Å². The number of benzene rings is 1. The third-order valence-electron chi connectivity index (χ3n) is 4.51. The average molecular weight is 290 g/mol. The van der Waals surface area contributed by atoms with Crippen LogP contribution >= 0.6 is 0 Å². The normalized spacial score (nSPS) is 19.5. The van der Waals surface area contributed by atoms with E-state index in [2.05, 4.69) is 5.32 Å². The molecule has 0 saturated heterocycles. The van der Waals surface area contributed by atoms with Gasteiger partial charge in [-0.2, -0.15) is 0 Å². The highest BCUT2D eigenvalue weighted by molar-refractivity contribution is 5.85. The molecule has 1 amide bonds. The fourth-order valence-corrected chi connectivity index (χ4v) is 3.05. The number of rotatable bonds is 5. The van der Waals surface area contributed by atoms with Crippen molar-refractivity contribution in [2.24, 2.45) is 5.73 Å².